The van der Waals surface area contributed by atoms with Crippen LogP contribution in [0.5, 0.6) is 0 Å². The Morgan fingerprint density at radius 2 is 1.93 bits per heavy atom. The van der Waals surface area contributed by atoms with Gasteiger partial charge >= 0.3 is 0 Å². The highest BCUT2D eigenvalue weighted by molar-refractivity contribution is 5.61. The summed E-state index contributed by atoms with van der Waals surface area (Å²) >= 11 is 0. The molecule has 0 bridgehead atoms. The summed E-state index contributed by atoms with van der Waals surface area (Å²) in [6.07, 6.45) is 0. The number of nitrogens with zero attached hydrogens (tertiary/aromatic N) is 3. The lowest BCUT2D eigenvalue weighted by atomic mass is 10.2. The SMILES string of the molecule is Cc1cc(N)nc(-c2c(C)noc2C)n1. The van der Waals surface area contributed by atoms with Crippen LogP contribution in [0.3, 0.4) is 0 Å². The zero-order valence-corrected chi connectivity index (χ0v) is 8.90. The van der Waals surface area contributed by atoms with Gasteiger partial charge in [0.25, 0.3) is 0 Å². The van der Waals surface area contributed by atoms with Gasteiger partial charge in [0.1, 0.15) is 11.6 Å². The zero-order valence-electron chi connectivity index (χ0n) is 8.90. The van der Waals surface area contributed by atoms with Crippen molar-refractivity contribution in [3.63, 3.8) is 0 Å². The topological polar surface area (TPSA) is 77.8 Å². The van der Waals surface area contributed by atoms with E-state index in [1.54, 1.807) is 6.07 Å². The van der Waals surface area contributed by atoms with Crippen molar-refractivity contribution >= 4 is 5.82 Å². The van der Waals surface area contributed by atoms with E-state index in [-0.39, 0.29) is 0 Å². The highest BCUT2D eigenvalue weighted by Crippen LogP contribution is 2.24. The minimum atomic E-state index is 0.456. The second kappa shape index (κ2) is 3.34. The molecule has 2 aromatic heterocycles. The summed E-state index contributed by atoms with van der Waals surface area (Å²) in [7, 11) is 0. The fourth-order valence-corrected chi connectivity index (χ4v) is 1.51. The third-order valence-electron chi connectivity index (χ3n) is 2.13. The predicted molar refractivity (Wildman–Crippen MR) is 56.2 cm³/mol. The number of rotatable bonds is 1. The van der Waals surface area contributed by atoms with Gasteiger partial charge in [0.2, 0.25) is 0 Å². The number of nitrogens with two attached hydrogens (primary N) is 1. The van der Waals surface area contributed by atoms with E-state index in [0.29, 0.717) is 17.4 Å². The van der Waals surface area contributed by atoms with Crippen molar-refractivity contribution in [1.29, 1.82) is 0 Å². The third-order valence-corrected chi connectivity index (χ3v) is 2.13. The largest absolute Gasteiger partial charge is 0.384 e. The molecule has 0 amide bonds. The Hall–Kier alpha value is -1.91. The van der Waals surface area contributed by atoms with Crippen LogP contribution in [0.1, 0.15) is 17.1 Å². The van der Waals surface area contributed by atoms with Crippen LogP contribution in [-0.4, -0.2) is 15.1 Å². The zero-order chi connectivity index (χ0) is 11.0. The quantitative estimate of drug-likeness (QED) is 0.763. The van der Waals surface area contributed by atoms with E-state index in [9.17, 15) is 0 Å². The molecule has 0 aliphatic heterocycles. The molecule has 0 aromatic carbocycles. The summed E-state index contributed by atoms with van der Waals surface area (Å²) in [4.78, 5) is 8.47. The lowest BCUT2D eigenvalue weighted by molar-refractivity contribution is 0.393. The maximum Gasteiger partial charge on any atom is 0.167 e. The van der Waals surface area contributed by atoms with Crippen molar-refractivity contribution in [2.24, 2.45) is 0 Å². The number of anilines is 1. The Morgan fingerprint density at radius 1 is 1.20 bits per heavy atom. The molecule has 2 N–H and O–H groups in total. The molecule has 0 fully saturated rings. The Labute approximate surface area is 87.3 Å². The molecule has 5 heteroatoms. The van der Waals surface area contributed by atoms with Crippen LogP contribution in [0.2, 0.25) is 0 Å². The van der Waals surface area contributed by atoms with Crippen molar-refractivity contribution < 1.29 is 4.52 Å². The van der Waals surface area contributed by atoms with E-state index >= 15 is 0 Å². The summed E-state index contributed by atoms with van der Waals surface area (Å²) in [5.41, 5.74) is 8.09. The van der Waals surface area contributed by atoms with Gasteiger partial charge in [0, 0.05) is 11.8 Å². The number of aromatic nitrogens is 3. The van der Waals surface area contributed by atoms with E-state index in [1.165, 1.54) is 0 Å². The van der Waals surface area contributed by atoms with Gasteiger partial charge in [0.05, 0.1) is 11.3 Å². The van der Waals surface area contributed by atoms with Crippen molar-refractivity contribution in [2.45, 2.75) is 20.8 Å². The standard InChI is InChI=1S/C10H12N4O/c1-5-4-8(11)13-10(12-5)9-6(2)14-15-7(9)3/h4H,1-3H3,(H2,11,12,13). The Bertz CT molecular complexity index is 464. The van der Waals surface area contributed by atoms with E-state index in [2.05, 4.69) is 15.1 Å². The highest BCUT2D eigenvalue weighted by atomic mass is 16.5. The minimum Gasteiger partial charge on any atom is -0.384 e. The van der Waals surface area contributed by atoms with E-state index < -0.39 is 0 Å². The van der Waals surface area contributed by atoms with Crippen LogP contribution in [0.4, 0.5) is 5.82 Å². The molecule has 15 heavy (non-hydrogen) atoms. The number of hydrogen-bond donors (Lipinski definition) is 1. The first-order valence-corrected chi connectivity index (χ1v) is 4.62. The molecular formula is C10H12N4O. The number of nitrogen functional groups attached to an aromatic ring is 1. The fourth-order valence-electron chi connectivity index (χ4n) is 1.51. The number of hydrogen-bond acceptors (Lipinski definition) is 5. The summed E-state index contributed by atoms with van der Waals surface area (Å²) < 4.78 is 5.06. The molecule has 2 rings (SSSR count). The molecule has 0 unspecified atom stereocenters. The van der Waals surface area contributed by atoms with Gasteiger partial charge in [-0.25, -0.2) is 9.97 Å². The number of aryl methyl sites for hydroxylation is 3. The Morgan fingerprint density at radius 3 is 2.47 bits per heavy atom. The van der Waals surface area contributed by atoms with Gasteiger partial charge in [-0.1, -0.05) is 5.16 Å². The monoisotopic (exact) mass is 204 g/mol. The first kappa shape index (κ1) is 9.64. The van der Waals surface area contributed by atoms with Gasteiger partial charge in [-0.05, 0) is 20.8 Å². The van der Waals surface area contributed by atoms with Crippen LogP contribution < -0.4 is 5.73 Å². The summed E-state index contributed by atoms with van der Waals surface area (Å²) in [6.45, 7) is 5.56. The summed E-state index contributed by atoms with van der Waals surface area (Å²) in [5.74, 6) is 1.73. The fraction of sp³-hybridized carbons (Fsp3) is 0.300. The van der Waals surface area contributed by atoms with Gasteiger partial charge in [-0.15, -0.1) is 0 Å². The van der Waals surface area contributed by atoms with Crippen molar-refractivity contribution in [2.75, 3.05) is 5.73 Å². The molecule has 0 spiro atoms. The highest BCUT2D eigenvalue weighted by Gasteiger charge is 2.14. The average molecular weight is 204 g/mol. The lowest BCUT2D eigenvalue weighted by Gasteiger charge is -2.01. The Kier molecular flexibility index (Phi) is 2.15. The molecule has 78 valence electrons. The molecule has 2 aromatic rings. The van der Waals surface area contributed by atoms with Crippen LogP contribution in [0.25, 0.3) is 11.4 Å². The third kappa shape index (κ3) is 1.68. The maximum atomic E-state index is 5.66. The molecule has 2 heterocycles. The van der Waals surface area contributed by atoms with E-state index in [1.807, 2.05) is 20.8 Å². The first-order chi connectivity index (χ1) is 7.08. The smallest absolute Gasteiger partial charge is 0.167 e. The molecule has 0 atom stereocenters. The summed E-state index contributed by atoms with van der Waals surface area (Å²) in [5, 5.41) is 3.86. The molecule has 0 aliphatic rings. The van der Waals surface area contributed by atoms with E-state index in [0.717, 1.165) is 17.0 Å². The van der Waals surface area contributed by atoms with Crippen LogP contribution >= 0.6 is 0 Å². The first-order valence-electron chi connectivity index (χ1n) is 4.62. The van der Waals surface area contributed by atoms with Gasteiger partial charge in [-0.2, -0.15) is 0 Å². The lowest BCUT2D eigenvalue weighted by Crippen LogP contribution is -1.98. The molecule has 0 radical (unpaired) electrons. The second-order valence-electron chi connectivity index (χ2n) is 3.46. The van der Waals surface area contributed by atoms with Crippen LogP contribution in [0.15, 0.2) is 10.6 Å². The molecular weight excluding hydrogens is 192 g/mol. The van der Waals surface area contributed by atoms with Crippen molar-refractivity contribution in [3.8, 4) is 11.4 Å². The molecule has 0 aliphatic carbocycles. The molecule has 0 saturated carbocycles. The van der Waals surface area contributed by atoms with E-state index in [4.69, 9.17) is 10.3 Å². The molecule has 0 saturated heterocycles. The van der Waals surface area contributed by atoms with Gasteiger partial charge < -0.3 is 10.3 Å². The van der Waals surface area contributed by atoms with Crippen molar-refractivity contribution in [3.05, 3.63) is 23.2 Å². The predicted octanol–water partition coefficient (Wildman–Crippen LogP) is 1.64. The van der Waals surface area contributed by atoms with Crippen LogP contribution in [-0.2, 0) is 0 Å². The normalized spacial score (nSPS) is 10.6. The van der Waals surface area contributed by atoms with Gasteiger partial charge in [0.15, 0.2) is 5.82 Å². The summed E-state index contributed by atoms with van der Waals surface area (Å²) in [6, 6.07) is 1.72. The van der Waals surface area contributed by atoms with Crippen molar-refractivity contribution in [1.82, 2.24) is 15.1 Å². The van der Waals surface area contributed by atoms with Gasteiger partial charge in [-0.3, -0.25) is 0 Å². The maximum absolute atomic E-state index is 5.66. The second-order valence-corrected chi connectivity index (χ2v) is 3.46. The average Bonchev–Trinajstić information content (AvgIpc) is 2.44. The Balaban J connectivity index is 2.63. The molecule has 5 nitrogen and oxygen atoms in total. The minimum absolute atomic E-state index is 0.456. The van der Waals surface area contributed by atoms with Crippen LogP contribution in [0, 0.1) is 20.8 Å².